The Morgan fingerprint density at radius 2 is 1.75 bits per heavy atom. The van der Waals surface area contributed by atoms with Gasteiger partial charge in [-0.25, -0.2) is 4.79 Å². The predicted molar refractivity (Wildman–Crippen MR) is 42.7 cm³/mol. The van der Waals surface area contributed by atoms with Gasteiger partial charge in [-0.05, 0) is 20.8 Å². The molecule has 0 aromatic rings. The summed E-state index contributed by atoms with van der Waals surface area (Å²) in [4.78, 5) is 21.0. The molecule has 0 aliphatic carbocycles. The summed E-state index contributed by atoms with van der Waals surface area (Å²) >= 11 is 4.82. The number of carbonyl (C=O) groups excluding carboxylic acids is 2. The molecule has 0 saturated heterocycles. The third-order valence-corrected chi connectivity index (χ3v) is 1.08. The Bertz CT molecular complexity index is 182. The number of halogens is 1. The second kappa shape index (κ2) is 4.30. The quantitative estimate of drug-likeness (QED) is 0.383. The third-order valence-electron chi connectivity index (χ3n) is 0.975. The van der Waals surface area contributed by atoms with Crippen LogP contribution in [0.3, 0.4) is 0 Å². The molecule has 12 heavy (non-hydrogen) atoms. The van der Waals surface area contributed by atoms with Crippen molar-refractivity contribution in [1.29, 1.82) is 0 Å². The van der Waals surface area contributed by atoms with Crippen LogP contribution in [-0.4, -0.2) is 18.2 Å². The van der Waals surface area contributed by atoms with Crippen molar-refractivity contribution in [3.05, 3.63) is 0 Å². The zero-order chi connectivity index (χ0) is 9.78. The Kier molecular flexibility index (Phi) is 4.03. The second-order valence-corrected chi connectivity index (χ2v) is 3.49. The van der Waals surface area contributed by atoms with Crippen LogP contribution in [0.5, 0.6) is 0 Å². The number of ether oxygens (including phenoxy) is 2. The predicted octanol–water partition coefficient (Wildman–Crippen LogP) is 1.91. The number of hydrogen-bond acceptors (Lipinski definition) is 4. The highest BCUT2D eigenvalue weighted by molar-refractivity contribution is 6.61. The fourth-order valence-corrected chi connectivity index (χ4v) is 0.390. The Labute approximate surface area is 75.8 Å². The lowest BCUT2D eigenvalue weighted by Crippen LogP contribution is -2.24. The zero-order valence-corrected chi connectivity index (χ0v) is 7.97. The molecule has 0 aromatic heterocycles. The van der Waals surface area contributed by atoms with E-state index < -0.39 is 23.6 Å². The minimum absolute atomic E-state index is 0.432. The zero-order valence-electron chi connectivity index (χ0n) is 7.22. The van der Waals surface area contributed by atoms with Gasteiger partial charge in [0.2, 0.25) is 6.79 Å². The van der Waals surface area contributed by atoms with Crippen LogP contribution in [0.25, 0.3) is 0 Å². The average molecular weight is 195 g/mol. The molecule has 0 rings (SSSR count). The molecule has 0 aromatic carbocycles. The van der Waals surface area contributed by atoms with Crippen molar-refractivity contribution in [2.24, 2.45) is 5.41 Å². The summed E-state index contributed by atoms with van der Waals surface area (Å²) < 4.78 is 8.74. The molecule has 0 aliphatic heterocycles. The SMILES string of the molecule is CC(C)(C)C(=O)OCOC(=O)Cl. The van der Waals surface area contributed by atoms with E-state index in [1.807, 2.05) is 0 Å². The van der Waals surface area contributed by atoms with Crippen LogP contribution in [0, 0.1) is 5.41 Å². The highest BCUT2D eigenvalue weighted by Gasteiger charge is 2.23. The first-order valence-electron chi connectivity index (χ1n) is 3.33. The van der Waals surface area contributed by atoms with Crippen LogP contribution < -0.4 is 0 Å². The highest BCUT2D eigenvalue weighted by Crippen LogP contribution is 2.14. The van der Waals surface area contributed by atoms with Gasteiger partial charge in [-0.15, -0.1) is 0 Å². The van der Waals surface area contributed by atoms with Crippen molar-refractivity contribution in [3.63, 3.8) is 0 Å². The monoisotopic (exact) mass is 194 g/mol. The summed E-state index contributed by atoms with van der Waals surface area (Å²) in [6.45, 7) is 4.64. The summed E-state index contributed by atoms with van der Waals surface area (Å²) in [5.74, 6) is -0.444. The van der Waals surface area contributed by atoms with Gasteiger partial charge in [0.15, 0.2) is 0 Å². The molecule has 0 radical (unpaired) electrons. The van der Waals surface area contributed by atoms with Crippen LogP contribution >= 0.6 is 11.6 Å². The number of hydrogen-bond donors (Lipinski definition) is 0. The number of rotatable bonds is 2. The van der Waals surface area contributed by atoms with Crippen molar-refractivity contribution in [1.82, 2.24) is 0 Å². The molecule has 0 amide bonds. The van der Waals surface area contributed by atoms with Crippen LogP contribution in [0.15, 0.2) is 0 Å². The first-order chi connectivity index (χ1) is 5.34. The number of carbonyl (C=O) groups is 2. The van der Waals surface area contributed by atoms with Gasteiger partial charge < -0.3 is 9.47 Å². The van der Waals surface area contributed by atoms with Gasteiger partial charge in [-0.1, -0.05) is 0 Å². The Hall–Kier alpha value is -0.770. The first kappa shape index (κ1) is 11.2. The van der Waals surface area contributed by atoms with E-state index in [1.165, 1.54) is 0 Å². The van der Waals surface area contributed by atoms with Gasteiger partial charge in [-0.2, -0.15) is 0 Å². The fourth-order valence-electron chi connectivity index (χ4n) is 0.346. The molecule has 70 valence electrons. The molecule has 0 bridgehead atoms. The standard InChI is InChI=1S/C7H11ClO4/c1-7(2,3)5(9)11-4-12-6(8)10/h4H2,1-3H3. The maximum absolute atomic E-state index is 11.0. The maximum atomic E-state index is 11.0. The summed E-state index contributed by atoms with van der Waals surface area (Å²) in [7, 11) is 0. The van der Waals surface area contributed by atoms with Crippen LogP contribution in [0.2, 0.25) is 0 Å². The van der Waals surface area contributed by atoms with E-state index in [0.717, 1.165) is 0 Å². The molecule has 0 N–H and O–H groups in total. The first-order valence-corrected chi connectivity index (χ1v) is 3.71. The largest absolute Gasteiger partial charge is 0.427 e. The summed E-state index contributed by atoms with van der Waals surface area (Å²) in [5, 5.41) is 0. The lowest BCUT2D eigenvalue weighted by molar-refractivity contribution is -0.160. The molecule has 4 nitrogen and oxygen atoms in total. The minimum Gasteiger partial charge on any atom is -0.427 e. The Balaban J connectivity index is 3.66. The summed E-state index contributed by atoms with van der Waals surface area (Å²) in [5.41, 5.74) is -1.59. The second-order valence-electron chi connectivity index (χ2n) is 3.18. The number of esters is 1. The molecule has 0 saturated carbocycles. The molecular weight excluding hydrogens is 184 g/mol. The van der Waals surface area contributed by atoms with Crippen molar-refractivity contribution >= 4 is 23.0 Å². The van der Waals surface area contributed by atoms with Gasteiger partial charge in [0.1, 0.15) is 0 Å². The lowest BCUT2D eigenvalue weighted by atomic mass is 9.98. The molecule has 0 aliphatic rings. The van der Waals surface area contributed by atoms with E-state index in [2.05, 4.69) is 9.47 Å². The van der Waals surface area contributed by atoms with Gasteiger partial charge in [0, 0.05) is 11.6 Å². The molecule has 0 atom stereocenters. The molecule has 0 spiro atoms. The fraction of sp³-hybridized carbons (Fsp3) is 0.714. The smallest absolute Gasteiger partial charge is 0.406 e. The molecular formula is C7H11ClO4. The van der Waals surface area contributed by atoms with Gasteiger partial charge in [0.05, 0.1) is 5.41 Å². The molecule has 0 heterocycles. The molecule has 5 heteroatoms. The van der Waals surface area contributed by atoms with Gasteiger partial charge in [0.25, 0.3) is 0 Å². The third kappa shape index (κ3) is 4.96. The van der Waals surface area contributed by atoms with Crippen LogP contribution in [-0.2, 0) is 14.3 Å². The van der Waals surface area contributed by atoms with Crippen molar-refractivity contribution < 1.29 is 19.1 Å². The topological polar surface area (TPSA) is 52.6 Å². The molecule has 0 fully saturated rings. The summed E-state index contributed by atoms with van der Waals surface area (Å²) in [6.07, 6.45) is 0. The van der Waals surface area contributed by atoms with Gasteiger partial charge in [-0.3, -0.25) is 4.79 Å². The minimum atomic E-state index is -0.989. The van der Waals surface area contributed by atoms with E-state index in [0.29, 0.717) is 0 Å². The van der Waals surface area contributed by atoms with E-state index in [1.54, 1.807) is 20.8 Å². The Morgan fingerprint density at radius 1 is 1.25 bits per heavy atom. The maximum Gasteiger partial charge on any atom is 0.406 e. The van der Waals surface area contributed by atoms with E-state index in [-0.39, 0.29) is 0 Å². The average Bonchev–Trinajstić information content (AvgIpc) is 1.84. The lowest BCUT2D eigenvalue weighted by Gasteiger charge is -2.15. The van der Waals surface area contributed by atoms with Crippen molar-refractivity contribution in [2.75, 3.05) is 6.79 Å². The van der Waals surface area contributed by atoms with Crippen LogP contribution in [0.1, 0.15) is 20.8 Å². The van der Waals surface area contributed by atoms with E-state index in [4.69, 9.17) is 11.6 Å². The molecule has 0 unspecified atom stereocenters. The van der Waals surface area contributed by atoms with E-state index >= 15 is 0 Å². The van der Waals surface area contributed by atoms with E-state index in [9.17, 15) is 9.59 Å². The summed E-state index contributed by atoms with van der Waals surface area (Å²) in [6, 6.07) is 0. The normalized spacial score (nSPS) is 10.7. The van der Waals surface area contributed by atoms with Crippen molar-refractivity contribution in [3.8, 4) is 0 Å². The van der Waals surface area contributed by atoms with Crippen LogP contribution in [0.4, 0.5) is 4.79 Å². The van der Waals surface area contributed by atoms with Gasteiger partial charge >= 0.3 is 11.4 Å². The highest BCUT2D eigenvalue weighted by atomic mass is 35.5. The Morgan fingerprint density at radius 3 is 2.08 bits per heavy atom. The van der Waals surface area contributed by atoms with Crippen molar-refractivity contribution in [2.45, 2.75) is 20.8 Å².